The molecule has 0 bridgehead atoms. The van der Waals surface area contributed by atoms with E-state index >= 15 is 0 Å². The Morgan fingerprint density at radius 1 is 1.33 bits per heavy atom. The Kier molecular flexibility index (Phi) is 3.32. The Morgan fingerprint density at radius 3 is 2.40 bits per heavy atom. The summed E-state index contributed by atoms with van der Waals surface area (Å²) in [7, 11) is 1.54. The third-order valence-electron chi connectivity index (χ3n) is 3.17. The molecule has 0 amide bonds. The molecule has 1 rings (SSSR count). The number of ether oxygens (including phenoxy) is 1. The number of pyridine rings is 1. The van der Waals surface area contributed by atoms with Crippen molar-refractivity contribution in [2.75, 3.05) is 7.11 Å². The van der Waals surface area contributed by atoms with Crippen molar-refractivity contribution >= 4 is 0 Å². The van der Waals surface area contributed by atoms with Crippen LogP contribution in [-0.4, -0.2) is 12.1 Å². The summed E-state index contributed by atoms with van der Waals surface area (Å²) in [6, 6.07) is 0. The number of hydrogen-bond donors (Lipinski definition) is 0. The molecule has 0 unspecified atom stereocenters. The van der Waals surface area contributed by atoms with Gasteiger partial charge in [0, 0.05) is 5.56 Å². The highest BCUT2D eigenvalue weighted by Gasteiger charge is 2.31. The van der Waals surface area contributed by atoms with Gasteiger partial charge in [-0.15, -0.1) is 0 Å². The predicted octanol–water partition coefficient (Wildman–Crippen LogP) is 3.16. The van der Waals surface area contributed by atoms with Gasteiger partial charge in [-0.1, -0.05) is 27.7 Å². The fraction of sp³-hybridized carbons (Fsp3) is 0.583. The maximum atomic E-state index is 13.8. The van der Waals surface area contributed by atoms with E-state index < -0.39 is 0 Å². The summed E-state index contributed by atoms with van der Waals surface area (Å²) in [5, 5.41) is 0. The van der Waals surface area contributed by atoms with Crippen LogP contribution in [0, 0.1) is 11.7 Å². The molecule has 0 spiro atoms. The minimum atomic E-state index is -0.298. The third kappa shape index (κ3) is 2.11. The van der Waals surface area contributed by atoms with Crippen molar-refractivity contribution in [3.8, 4) is 5.75 Å². The van der Waals surface area contributed by atoms with E-state index in [-0.39, 0.29) is 11.2 Å². The van der Waals surface area contributed by atoms with E-state index in [0.29, 0.717) is 17.2 Å². The lowest BCUT2D eigenvalue weighted by Gasteiger charge is -2.31. The SMILES string of the molecule is COc1cncc(F)c1C(C)(C)C(C)C. The monoisotopic (exact) mass is 211 g/mol. The van der Waals surface area contributed by atoms with Gasteiger partial charge in [-0.3, -0.25) is 4.98 Å². The van der Waals surface area contributed by atoms with Crippen molar-refractivity contribution in [2.45, 2.75) is 33.1 Å². The Hall–Kier alpha value is -1.12. The molecule has 0 aliphatic rings. The zero-order chi connectivity index (χ0) is 11.6. The standard InChI is InChI=1S/C12H18FNO/c1-8(2)12(3,4)11-9(13)6-14-7-10(11)15-5/h6-8H,1-5H3. The fourth-order valence-electron chi connectivity index (χ4n) is 1.49. The second-order valence-electron chi connectivity index (χ2n) is 4.57. The average molecular weight is 211 g/mol. The fourth-order valence-corrected chi connectivity index (χ4v) is 1.49. The summed E-state index contributed by atoms with van der Waals surface area (Å²) in [5.74, 6) is 0.546. The number of rotatable bonds is 3. The van der Waals surface area contributed by atoms with E-state index in [4.69, 9.17) is 4.74 Å². The van der Waals surface area contributed by atoms with E-state index in [1.807, 2.05) is 13.8 Å². The van der Waals surface area contributed by atoms with Crippen LogP contribution in [0.3, 0.4) is 0 Å². The van der Waals surface area contributed by atoms with Crippen molar-refractivity contribution in [3.63, 3.8) is 0 Å². The van der Waals surface area contributed by atoms with Crippen LogP contribution in [-0.2, 0) is 5.41 Å². The van der Waals surface area contributed by atoms with Crippen molar-refractivity contribution in [3.05, 3.63) is 23.8 Å². The largest absolute Gasteiger partial charge is 0.495 e. The molecule has 0 radical (unpaired) electrons. The molecule has 1 heterocycles. The number of nitrogens with zero attached hydrogens (tertiary/aromatic N) is 1. The predicted molar refractivity (Wildman–Crippen MR) is 58.6 cm³/mol. The van der Waals surface area contributed by atoms with Gasteiger partial charge in [-0.25, -0.2) is 4.39 Å². The first-order valence-electron chi connectivity index (χ1n) is 5.09. The summed E-state index contributed by atoms with van der Waals surface area (Å²) in [6.07, 6.45) is 2.80. The van der Waals surface area contributed by atoms with Crippen molar-refractivity contribution in [2.24, 2.45) is 5.92 Å². The number of aromatic nitrogens is 1. The van der Waals surface area contributed by atoms with Crippen LogP contribution >= 0.6 is 0 Å². The number of methoxy groups -OCH3 is 1. The molecule has 15 heavy (non-hydrogen) atoms. The smallest absolute Gasteiger partial charge is 0.148 e. The molecule has 3 heteroatoms. The third-order valence-corrected chi connectivity index (χ3v) is 3.17. The summed E-state index contributed by atoms with van der Waals surface area (Å²) in [6.45, 7) is 8.16. The van der Waals surface area contributed by atoms with Crippen LogP contribution < -0.4 is 4.74 Å². The first kappa shape index (κ1) is 12.0. The topological polar surface area (TPSA) is 22.1 Å². The highest BCUT2D eigenvalue weighted by Crippen LogP contribution is 2.38. The van der Waals surface area contributed by atoms with E-state index in [0.717, 1.165) is 0 Å². The van der Waals surface area contributed by atoms with Crippen LogP contribution in [0.25, 0.3) is 0 Å². The number of hydrogen-bond acceptors (Lipinski definition) is 2. The van der Waals surface area contributed by atoms with Gasteiger partial charge < -0.3 is 4.74 Å². The van der Waals surface area contributed by atoms with Gasteiger partial charge >= 0.3 is 0 Å². The van der Waals surface area contributed by atoms with Gasteiger partial charge in [0.05, 0.1) is 19.5 Å². The zero-order valence-corrected chi connectivity index (χ0v) is 9.97. The van der Waals surface area contributed by atoms with Crippen molar-refractivity contribution in [1.82, 2.24) is 4.98 Å². The van der Waals surface area contributed by atoms with E-state index in [1.54, 1.807) is 6.20 Å². The lowest BCUT2D eigenvalue weighted by atomic mass is 9.75. The molecule has 0 aliphatic carbocycles. The van der Waals surface area contributed by atoms with Gasteiger partial charge in [-0.05, 0) is 11.3 Å². The molecule has 2 nitrogen and oxygen atoms in total. The quantitative estimate of drug-likeness (QED) is 0.766. The Balaban J connectivity index is 3.34. The Morgan fingerprint density at radius 2 is 1.93 bits per heavy atom. The highest BCUT2D eigenvalue weighted by atomic mass is 19.1. The van der Waals surface area contributed by atoms with Crippen molar-refractivity contribution in [1.29, 1.82) is 0 Å². The van der Waals surface area contributed by atoms with E-state index in [2.05, 4.69) is 18.8 Å². The van der Waals surface area contributed by atoms with Crippen LogP contribution in [0.4, 0.5) is 4.39 Å². The number of halogens is 1. The summed E-state index contributed by atoms with van der Waals surface area (Å²) < 4.78 is 18.9. The molecule has 84 valence electrons. The minimum Gasteiger partial charge on any atom is -0.495 e. The summed E-state index contributed by atoms with van der Waals surface area (Å²) in [4.78, 5) is 3.79. The molecule has 0 N–H and O–H groups in total. The molecular formula is C12H18FNO. The second kappa shape index (κ2) is 4.17. The average Bonchev–Trinajstić information content (AvgIpc) is 2.16. The van der Waals surface area contributed by atoms with Crippen LogP contribution in [0.2, 0.25) is 0 Å². The lowest BCUT2D eigenvalue weighted by molar-refractivity contribution is 0.326. The molecule has 1 aromatic rings. The van der Waals surface area contributed by atoms with Gasteiger partial charge in [0.15, 0.2) is 0 Å². The second-order valence-corrected chi connectivity index (χ2v) is 4.57. The van der Waals surface area contributed by atoms with Gasteiger partial charge in [0.2, 0.25) is 0 Å². The van der Waals surface area contributed by atoms with Gasteiger partial charge in [-0.2, -0.15) is 0 Å². The first-order valence-corrected chi connectivity index (χ1v) is 5.09. The van der Waals surface area contributed by atoms with Crippen LogP contribution in [0.1, 0.15) is 33.3 Å². The summed E-state index contributed by atoms with van der Waals surface area (Å²) >= 11 is 0. The molecular weight excluding hydrogens is 193 g/mol. The zero-order valence-electron chi connectivity index (χ0n) is 9.97. The van der Waals surface area contributed by atoms with Crippen molar-refractivity contribution < 1.29 is 9.13 Å². The Labute approximate surface area is 90.5 Å². The minimum absolute atomic E-state index is 0.266. The molecule has 0 saturated heterocycles. The van der Waals surface area contributed by atoms with Gasteiger partial charge in [0.1, 0.15) is 11.6 Å². The van der Waals surface area contributed by atoms with Crippen LogP contribution in [0.15, 0.2) is 12.4 Å². The molecule has 1 aromatic heterocycles. The molecule has 0 aromatic carbocycles. The maximum Gasteiger partial charge on any atom is 0.148 e. The normalized spacial score (nSPS) is 11.9. The highest BCUT2D eigenvalue weighted by molar-refractivity contribution is 5.37. The summed E-state index contributed by atoms with van der Waals surface area (Å²) in [5.41, 5.74) is 0.341. The maximum absolute atomic E-state index is 13.8. The molecule has 0 aliphatic heterocycles. The molecule has 0 atom stereocenters. The Bertz CT molecular complexity index is 347. The molecule has 0 fully saturated rings. The lowest BCUT2D eigenvalue weighted by Crippen LogP contribution is -2.26. The van der Waals surface area contributed by atoms with Crippen LogP contribution in [0.5, 0.6) is 5.75 Å². The van der Waals surface area contributed by atoms with E-state index in [1.165, 1.54) is 13.3 Å². The molecule has 0 saturated carbocycles. The van der Waals surface area contributed by atoms with Gasteiger partial charge in [0.25, 0.3) is 0 Å². The van der Waals surface area contributed by atoms with E-state index in [9.17, 15) is 4.39 Å². The first-order chi connectivity index (χ1) is 6.91.